The van der Waals surface area contributed by atoms with Crippen LogP contribution in [0.15, 0.2) is 36.4 Å². The number of anilines is 1. The van der Waals surface area contributed by atoms with Crippen molar-refractivity contribution in [2.24, 2.45) is 0 Å². The van der Waals surface area contributed by atoms with E-state index in [1.165, 1.54) is 0 Å². The van der Waals surface area contributed by atoms with E-state index in [4.69, 9.17) is 9.47 Å². The van der Waals surface area contributed by atoms with E-state index in [0.29, 0.717) is 32.8 Å². The number of amides is 3. The number of aromatic nitrogens is 2. The van der Waals surface area contributed by atoms with Gasteiger partial charge in [0.2, 0.25) is 5.91 Å². The minimum atomic E-state index is -0.220. The number of hydrogen-bond donors (Lipinski definition) is 1. The van der Waals surface area contributed by atoms with Gasteiger partial charge in [-0.3, -0.25) is 4.79 Å². The first-order chi connectivity index (χ1) is 17.9. The second kappa shape index (κ2) is 12.7. The van der Waals surface area contributed by atoms with Crippen LogP contribution in [-0.4, -0.2) is 97.1 Å². The van der Waals surface area contributed by atoms with Crippen molar-refractivity contribution < 1.29 is 19.1 Å². The van der Waals surface area contributed by atoms with Gasteiger partial charge in [0, 0.05) is 50.9 Å². The number of rotatable bonds is 8. The van der Waals surface area contributed by atoms with Crippen molar-refractivity contribution in [2.45, 2.75) is 45.3 Å². The fourth-order valence-electron chi connectivity index (χ4n) is 4.66. The Hall–Kier alpha value is -3.40. The van der Waals surface area contributed by atoms with Gasteiger partial charge in [0.05, 0.1) is 18.9 Å². The Bertz CT molecular complexity index is 1020. The Labute approximate surface area is 218 Å². The summed E-state index contributed by atoms with van der Waals surface area (Å²) in [5, 5.41) is 11.8. The lowest BCUT2D eigenvalue weighted by molar-refractivity contribution is -0.131. The van der Waals surface area contributed by atoms with Crippen LogP contribution in [0.3, 0.4) is 0 Å². The van der Waals surface area contributed by atoms with E-state index in [2.05, 4.69) is 20.4 Å². The molecule has 10 heteroatoms. The molecule has 1 atom stereocenters. The van der Waals surface area contributed by atoms with Crippen molar-refractivity contribution in [3.63, 3.8) is 0 Å². The van der Waals surface area contributed by atoms with E-state index in [0.717, 1.165) is 48.6 Å². The maximum Gasteiger partial charge on any atom is 0.318 e. The van der Waals surface area contributed by atoms with Gasteiger partial charge in [-0.25, -0.2) is 4.79 Å². The molecule has 3 heterocycles. The summed E-state index contributed by atoms with van der Waals surface area (Å²) in [5.74, 6) is 1.55. The first-order valence-electron chi connectivity index (χ1n) is 13.1. The van der Waals surface area contributed by atoms with Gasteiger partial charge in [-0.15, -0.1) is 10.2 Å². The summed E-state index contributed by atoms with van der Waals surface area (Å²) in [4.78, 5) is 31.6. The van der Waals surface area contributed by atoms with E-state index in [1.807, 2.05) is 55.1 Å². The molecule has 10 nitrogen and oxygen atoms in total. The van der Waals surface area contributed by atoms with Crippen LogP contribution in [0.1, 0.15) is 33.1 Å². The summed E-state index contributed by atoms with van der Waals surface area (Å²) >= 11 is 0. The quantitative estimate of drug-likeness (QED) is 0.583. The fourth-order valence-corrected chi connectivity index (χ4v) is 4.66. The van der Waals surface area contributed by atoms with Crippen LogP contribution in [0, 0.1) is 0 Å². The number of nitrogens with zero attached hydrogens (tertiary/aromatic N) is 5. The molecule has 2 fully saturated rings. The van der Waals surface area contributed by atoms with Gasteiger partial charge in [0.25, 0.3) is 0 Å². The van der Waals surface area contributed by atoms with Gasteiger partial charge >= 0.3 is 6.03 Å². The first-order valence-corrected chi connectivity index (χ1v) is 13.1. The topological polar surface area (TPSA) is 100 Å². The minimum absolute atomic E-state index is 0.00133. The smallest absolute Gasteiger partial charge is 0.318 e. The highest BCUT2D eigenvalue weighted by Gasteiger charge is 2.27. The molecule has 200 valence electrons. The number of nitrogens with one attached hydrogen (secondary N) is 1. The normalized spacial score (nSPS) is 18.0. The molecule has 0 spiro atoms. The number of hydrogen-bond acceptors (Lipinski definition) is 7. The molecule has 0 radical (unpaired) electrons. The number of carbonyl (C=O) groups is 2. The molecule has 4 rings (SSSR count). The molecule has 2 aliphatic rings. The monoisotopic (exact) mass is 510 g/mol. The summed E-state index contributed by atoms with van der Waals surface area (Å²) in [6.07, 6.45) is 2.71. The molecule has 0 aliphatic carbocycles. The summed E-state index contributed by atoms with van der Waals surface area (Å²) in [7, 11) is 1.64. The number of ether oxygens (including phenoxy) is 2. The van der Waals surface area contributed by atoms with Gasteiger partial charge in [0.15, 0.2) is 5.82 Å². The molecule has 3 amide bonds. The van der Waals surface area contributed by atoms with Gasteiger partial charge in [0.1, 0.15) is 12.3 Å². The molecular formula is C27H38N6O4. The van der Waals surface area contributed by atoms with Crippen LogP contribution in [0.25, 0.3) is 11.3 Å². The Kier molecular flexibility index (Phi) is 9.16. The maximum atomic E-state index is 13.2. The second-order valence-corrected chi connectivity index (χ2v) is 9.85. The summed E-state index contributed by atoms with van der Waals surface area (Å²) in [6.45, 7) is 7.69. The van der Waals surface area contributed by atoms with Crippen LogP contribution >= 0.6 is 0 Å². The first kappa shape index (κ1) is 26.7. The van der Waals surface area contributed by atoms with Crippen molar-refractivity contribution >= 4 is 17.8 Å². The standard InChI is InChI=1S/C27H38N6O4/c1-20(2)28-27(35)33(18-23-6-4-17-37-23)19-26(34)32-14-5-13-31(15-16-32)25-12-11-24(29-30-25)21-7-9-22(36-3)10-8-21/h7-12,20,23H,4-6,13-19H2,1-3H3,(H,28,35)/t23-/m0/s1. The van der Waals surface area contributed by atoms with Crippen LogP contribution < -0.4 is 15.0 Å². The zero-order chi connectivity index (χ0) is 26.2. The summed E-state index contributed by atoms with van der Waals surface area (Å²) < 4.78 is 10.9. The summed E-state index contributed by atoms with van der Waals surface area (Å²) in [5.41, 5.74) is 1.77. The van der Waals surface area contributed by atoms with Gasteiger partial charge in [-0.05, 0) is 69.5 Å². The highest BCUT2D eigenvalue weighted by molar-refractivity contribution is 5.84. The van der Waals surface area contributed by atoms with E-state index in [9.17, 15) is 9.59 Å². The highest BCUT2D eigenvalue weighted by Crippen LogP contribution is 2.22. The molecule has 0 saturated carbocycles. The average Bonchev–Trinajstić information content (AvgIpc) is 3.29. The third-order valence-corrected chi connectivity index (χ3v) is 6.68. The highest BCUT2D eigenvalue weighted by atomic mass is 16.5. The molecule has 1 aromatic heterocycles. The number of urea groups is 1. The molecule has 37 heavy (non-hydrogen) atoms. The lowest BCUT2D eigenvalue weighted by Crippen LogP contribution is -2.51. The van der Waals surface area contributed by atoms with Gasteiger partial charge < -0.3 is 29.5 Å². The lowest BCUT2D eigenvalue weighted by Gasteiger charge is -2.29. The van der Waals surface area contributed by atoms with Crippen LogP contribution in [-0.2, 0) is 9.53 Å². The molecule has 2 aromatic rings. The molecular weight excluding hydrogens is 472 g/mol. The van der Waals surface area contributed by atoms with E-state index >= 15 is 0 Å². The van der Waals surface area contributed by atoms with Crippen molar-refractivity contribution in [1.82, 2.24) is 25.3 Å². The number of benzene rings is 1. The number of methoxy groups -OCH3 is 1. The van der Waals surface area contributed by atoms with E-state index in [-0.39, 0.29) is 30.6 Å². The van der Waals surface area contributed by atoms with Gasteiger partial charge in [-0.1, -0.05) is 0 Å². The molecule has 2 saturated heterocycles. The van der Waals surface area contributed by atoms with Crippen molar-refractivity contribution in [3.05, 3.63) is 36.4 Å². The van der Waals surface area contributed by atoms with Crippen LogP contribution in [0.4, 0.5) is 10.6 Å². The molecule has 1 aromatic carbocycles. The van der Waals surface area contributed by atoms with Crippen molar-refractivity contribution in [3.8, 4) is 17.0 Å². The van der Waals surface area contributed by atoms with Crippen molar-refractivity contribution in [2.75, 3.05) is 57.9 Å². The maximum absolute atomic E-state index is 13.2. The summed E-state index contributed by atoms with van der Waals surface area (Å²) in [6, 6.07) is 11.4. The van der Waals surface area contributed by atoms with Crippen LogP contribution in [0.5, 0.6) is 5.75 Å². The van der Waals surface area contributed by atoms with E-state index < -0.39 is 0 Å². The number of carbonyl (C=O) groups excluding carboxylic acids is 2. The SMILES string of the molecule is COc1ccc(-c2ccc(N3CCCN(C(=O)CN(C[C@@H]4CCCO4)C(=O)NC(C)C)CC3)nn2)cc1. The average molecular weight is 511 g/mol. The zero-order valence-electron chi connectivity index (χ0n) is 22.1. The molecule has 0 unspecified atom stereocenters. The molecule has 1 N–H and O–H groups in total. The predicted octanol–water partition coefficient (Wildman–Crippen LogP) is 2.79. The fraction of sp³-hybridized carbons (Fsp3) is 0.556. The second-order valence-electron chi connectivity index (χ2n) is 9.85. The van der Waals surface area contributed by atoms with Crippen molar-refractivity contribution in [1.29, 1.82) is 0 Å². The Morgan fingerprint density at radius 2 is 1.89 bits per heavy atom. The lowest BCUT2D eigenvalue weighted by atomic mass is 10.1. The molecule has 0 bridgehead atoms. The van der Waals surface area contributed by atoms with Gasteiger partial charge in [-0.2, -0.15) is 0 Å². The largest absolute Gasteiger partial charge is 0.497 e. The Morgan fingerprint density at radius 3 is 2.54 bits per heavy atom. The minimum Gasteiger partial charge on any atom is -0.497 e. The predicted molar refractivity (Wildman–Crippen MR) is 142 cm³/mol. The zero-order valence-corrected chi connectivity index (χ0v) is 22.1. The Balaban J connectivity index is 1.34. The molecule has 2 aliphatic heterocycles. The third kappa shape index (κ3) is 7.31. The third-order valence-electron chi connectivity index (χ3n) is 6.68. The Morgan fingerprint density at radius 1 is 1.08 bits per heavy atom. The van der Waals surface area contributed by atoms with Crippen LogP contribution in [0.2, 0.25) is 0 Å². The van der Waals surface area contributed by atoms with E-state index in [1.54, 1.807) is 12.0 Å².